The molecule has 130 valence electrons. The van der Waals surface area contributed by atoms with Crippen molar-refractivity contribution in [1.29, 1.82) is 0 Å². The number of piperidine rings is 1. The molecule has 1 aromatic carbocycles. The molecule has 0 radical (unpaired) electrons. The minimum atomic E-state index is -0.226. The van der Waals surface area contributed by atoms with Gasteiger partial charge in [0.2, 0.25) is 5.91 Å². The summed E-state index contributed by atoms with van der Waals surface area (Å²) in [4.78, 5) is 28.1. The molecule has 2 fully saturated rings. The Hall–Kier alpha value is -1.92. The first-order valence-corrected chi connectivity index (χ1v) is 8.49. The molecule has 6 nitrogen and oxygen atoms in total. The standard InChI is InChI=1S/C18H25N3O3/c1-20(2)18(24)12-4-3-5-13(8-12)19-17(23)11-21-14-6-7-15(21)10-16(22)9-14/h3-5,8,14-16,22H,6-7,9-11H2,1-2H3,(H,19,23)/t14-,15+,16?. The van der Waals surface area contributed by atoms with E-state index in [-0.39, 0.29) is 17.9 Å². The predicted octanol–water partition coefficient (Wildman–Crippen LogP) is 1.31. The molecule has 0 aromatic heterocycles. The van der Waals surface area contributed by atoms with E-state index >= 15 is 0 Å². The van der Waals surface area contributed by atoms with Gasteiger partial charge in [-0.3, -0.25) is 14.5 Å². The molecule has 0 spiro atoms. The summed E-state index contributed by atoms with van der Waals surface area (Å²) in [7, 11) is 3.41. The molecule has 0 saturated carbocycles. The predicted molar refractivity (Wildman–Crippen MR) is 91.8 cm³/mol. The van der Waals surface area contributed by atoms with Crippen LogP contribution < -0.4 is 5.32 Å². The summed E-state index contributed by atoms with van der Waals surface area (Å²) in [5.74, 6) is -0.160. The second-order valence-corrected chi connectivity index (χ2v) is 7.01. The molecule has 2 heterocycles. The Bertz CT molecular complexity index is 618. The number of amides is 2. The van der Waals surface area contributed by atoms with Gasteiger partial charge in [0.15, 0.2) is 0 Å². The number of rotatable bonds is 4. The molecule has 0 aliphatic carbocycles. The normalized spacial score (nSPS) is 26.2. The highest BCUT2D eigenvalue weighted by atomic mass is 16.3. The van der Waals surface area contributed by atoms with Gasteiger partial charge >= 0.3 is 0 Å². The van der Waals surface area contributed by atoms with E-state index in [9.17, 15) is 14.7 Å². The number of nitrogens with zero attached hydrogens (tertiary/aromatic N) is 2. The van der Waals surface area contributed by atoms with Gasteiger partial charge in [-0.05, 0) is 43.9 Å². The van der Waals surface area contributed by atoms with Crippen LogP contribution in [0.15, 0.2) is 24.3 Å². The van der Waals surface area contributed by atoms with Gasteiger partial charge in [0.1, 0.15) is 0 Å². The number of carbonyl (C=O) groups excluding carboxylic acids is 2. The van der Waals surface area contributed by atoms with Crippen LogP contribution in [0.4, 0.5) is 5.69 Å². The van der Waals surface area contributed by atoms with Crippen molar-refractivity contribution in [2.75, 3.05) is 26.0 Å². The van der Waals surface area contributed by atoms with Crippen molar-refractivity contribution in [3.63, 3.8) is 0 Å². The van der Waals surface area contributed by atoms with E-state index < -0.39 is 0 Å². The number of aliphatic hydroxyl groups is 1. The van der Waals surface area contributed by atoms with Gasteiger partial charge in [0, 0.05) is 37.4 Å². The Balaban J connectivity index is 1.61. The molecular formula is C18H25N3O3. The summed E-state index contributed by atoms with van der Waals surface area (Å²) in [5.41, 5.74) is 1.19. The van der Waals surface area contributed by atoms with Crippen molar-refractivity contribution in [3.05, 3.63) is 29.8 Å². The van der Waals surface area contributed by atoms with Crippen molar-refractivity contribution in [3.8, 4) is 0 Å². The Kier molecular flexibility index (Phi) is 4.87. The number of carbonyl (C=O) groups is 2. The fourth-order valence-corrected chi connectivity index (χ4v) is 3.86. The maximum absolute atomic E-state index is 12.4. The van der Waals surface area contributed by atoms with Gasteiger partial charge in [0.05, 0.1) is 12.6 Å². The van der Waals surface area contributed by atoms with Crippen LogP contribution in [0.3, 0.4) is 0 Å². The van der Waals surface area contributed by atoms with E-state index in [2.05, 4.69) is 10.2 Å². The molecule has 3 rings (SSSR count). The molecule has 24 heavy (non-hydrogen) atoms. The second-order valence-electron chi connectivity index (χ2n) is 7.01. The molecule has 2 N–H and O–H groups in total. The lowest BCUT2D eigenvalue weighted by atomic mass is 10.00. The van der Waals surface area contributed by atoms with Crippen molar-refractivity contribution in [1.82, 2.24) is 9.80 Å². The Morgan fingerprint density at radius 1 is 1.25 bits per heavy atom. The first-order valence-electron chi connectivity index (χ1n) is 8.49. The summed E-state index contributed by atoms with van der Waals surface area (Å²) >= 11 is 0. The van der Waals surface area contributed by atoms with Gasteiger partial charge < -0.3 is 15.3 Å². The topological polar surface area (TPSA) is 72.9 Å². The summed E-state index contributed by atoms with van der Waals surface area (Å²) in [6.07, 6.45) is 3.41. The third kappa shape index (κ3) is 3.60. The molecule has 6 heteroatoms. The number of fused-ring (bicyclic) bond motifs is 2. The molecule has 2 amide bonds. The Morgan fingerprint density at radius 3 is 2.54 bits per heavy atom. The van der Waals surface area contributed by atoms with Gasteiger partial charge in [-0.25, -0.2) is 0 Å². The third-order valence-electron chi connectivity index (χ3n) is 4.99. The molecule has 3 atom stereocenters. The van der Waals surface area contributed by atoms with Gasteiger partial charge in [-0.2, -0.15) is 0 Å². The molecular weight excluding hydrogens is 306 g/mol. The summed E-state index contributed by atoms with van der Waals surface area (Å²) < 4.78 is 0. The molecule has 2 bridgehead atoms. The van der Waals surface area contributed by atoms with Gasteiger partial charge in [-0.15, -0.1) is 0 Å². The Labute approximate surface area is 142 Å². The number of nitrogens with one attached hydrogen (secondary N) is 1. The molecule has 2 aliphatic heterocycles. The number of anilines is 1. The fraction of sp³-hybridized carbons (Fsp3) is 0.556. The number of aliphatic hydroxyl groups excluding tert-OH is 1. The maximum Gasteiger partial charge on any atom is 0.253 e. The van der Waals surface area contributed by atoms with E-state index in [1.54, 1.807) is 38.4 Å². The van der Waals surface area contributed by atoms with Crippen molar-refractivity contribution < 1.29 is 14.7 Å². The van der Waals surface area contributed by atoms with Crippen LogP contribution >= 0.6 is 0 Å². The minimum absolute atomic E-state index is 0.0715. The lowest BCUT2D eigenvalue weighted by Gasteiger charge is -2.36. The average molecular weight is 331 g/mol. The van der Waals surface area contributed by atoms with E-state index in [1.807, 2.05) is 0 Å². The molecule has 1 unspecified atom stereocenters. The zero-order valence-corrected chi connectivity index (χ0v) is 14.2. The second kappa shape index (κ2) is 6.91. The summed E-state index contributed by atoms with van der Waals surface area (Å²) in [5, 5.41) is 12.7. The smallest absolute Gasteiger partial charge is 0.253 e. The largest absolute Gasteiger partial charge is 0.393 e. The summed E-state index contributed by atoms with van der Waals surface area (Å²) in [6.45, 7) is 0.341. The molecule has 2 aliphatic rings. The van der Waals surface area contributed by atoms with Crippen LogP contribution in [0.5, 0.6) is 0 Å². The fourth-order valence-electron chi connectivity index (χ4n) is 3.86. The summed E-state index contributed by atoms with van der Waals surface area (Å²) in [6, 6.07) is 7.63. The van der Waals surface area contributed by atoms with Crippen LogP contribution in [-0.4, -0.2) is 65.5 Å². The Morgan fingerprint density at radius 2 is 1.92 bits per heavy atom. The maximum atomic E-state index is 12.4. The number of hydrogen-bond acceptors (Lipinski definition) is 4. The lowest BCUT2D eigenvalue weighted by molar-refractivity contribution is -0.119. The van der Waals surface area contributed by atoms with E-state index in [1.165, 1.54) is 4.90 Å². The monoisotopic (exact) mass is 331 g/mol. The SMILES string of the molecule is CN(C)C(=O)c1cccc(NC(=O)CN2[C@@H]3CC[C@H]2CC(O)C3)c1. The highest BCUT2D eigenvalue weighted by Crippen LogP contribution is 2.35. The molecule has 1 aromatic rings. The first-order chi connectivity index (χ1) is 11.4. The van der Waals surface area contributed by atoms with Crippen LogP contribution in [-0.2, 0) is 4.79 Å². The van der Waals surface area contributed by atoms with E-state index in [0.717, 1.165) is 25.7 Å². The van der Waals surface area contributed by atoms with Gasteiger partial charge in [0.25, 0.3) is 5.91 Å². The van der Waals surface area contributed by atoms with Crippen LogP contribution in [0.25, 0.3) is 0 Å². The van der Waals surface area contributed by atoms with Crippen LogP contribution in [0, 0.1) is 0 Å². The lowest BCUT2D eigenvalue weighted by Crippen LogP contribution is -2.47. The van der Waals surface area contributed by atoms with E-state index in [0.29, 0.717) is 29.9 Å². The van der Waals surface area contributed by atoms with Crippen LogP contribution in [0.1, 0.15) is 36.0 Å². The van der Waals surface area contributed by atoms with Crippen LogP contribution in [0.2, 0.25) is 0 Å². The van der Waals surface area contributed by atoms with Crippen molar-refractivity contribution >= 4 is 17.5 Å². The minimum Gasteiger partial charge on any atom is -0.393 e. The van der Waals surface area contributed by atoms with Gasteiger partial charge in [-0.1, -0.05) is 6.07 Å². The number of benzene rings is 1. The highest BCUT2D eigenvalue weighted by molar-refractivity contribution is 5.97. The number of hydrogen-bond donors (Lipinski definition) is 2. The highest BCUT2D eigenvalue weighted by Gasteiger charge is 2.40. The third-order valence-corrected chi connectivity index (χ3v) is 4.99. The van der Waals surface area contributed by atoms with Crippen molar-refractivity contribution in [2.24, 2.45) is 0 Å². The first kappa shape index (κ1) is 16.9. The zero-order valence-electron chi connectivity index (χ0n) is 14.2. The molecule has 2 saturated heterocycles. The quantitative estimate of drug-likeness (QED) is 0.873. The average Bonchev–Trinajstić information content (AvgIpc) is 2.77. The van der Waals surface area contributed by atoms with Crippen molar-refractivity contribution in [2.45, 2.75) is 43.9 Å². The van der Waals surface area contributed by atoms with E-state index in [4.69, 9.17) is 0 Å². The zero-order chi connectivity index (χ0) is 17.3.